The van der Waals surface area contributed by atoms with Crippen LogP contribution in [-0.2, 0) is 0 Å². The Labute approximate surface area is 125 Å². The Morgan fingerprint density at radius 3 is 2.48 bits per heavy atom. The van der Waals surface area contributed by atoms with Crippen molar-refractivity contribution in [3.8, 4) is 11.4 Å². The zero-order valence-corrected chi connectivity index (χ0v) is 12.5. The molecule has 0 unspecified atom stereocenters. The minimum Gasteiger partial charge on any atom is -0.494 e. The second-order valence-electron chi connectivity index (χ2n) is 5.14. The second kappa shape index (κ2) is 8.29. The van der Waals surface area contributed by atoms with E-state index in [-0.39, 0.29) is 5.69 Å². The summed E-state index contributed by atoms with van der Waals surface area (Å²) < 4.78 is 7.16. The SMILES string of the molecule is CCCCCCCCOc1ccc(-n2cn[nH]c2=O)cc1. The maximum atomic E-state index is 11.4. The van der Waals surface area contributed by atoms with Crippen LogP contribution in [0.1, 0.15) is 45.4 Å². The van der Waals surface area contributed by atoms with Crippen molar-refractivity contribution < 1.29 is 4.74 Å². The highest BCUT2D eigenvalue weighted by Crippen LogP contribution is 2.14. The minimum atomic E-state index is -0.240. The molecule has 1 aromatic carbocycles. The Hall–Kier alpha value is -2.04. The fourth-order valence-electron chi connectivity index (χ4n) is 2.21. The molecule has 0 bridgehead atoms. The van der Waals surface area contributed by atoms with E-state index in [2.05, 4.69) is 17.1 Å². The van der Waals surface area contributed by atoms with Crippen molar-refractivity contribution in [1.82, 2.24) is 14.8 Å². The van der Waals surface area contributed by atoms with E-state index in [4.69, 9.17) is 4.74 Å². The summed E-state index contributed by atoms with van der Waals surface area (Å²) in [4.78, 5) is 11.4. The molecule has 5 nitrogen and oxygen atoms in total. The third-order valence-corrected chi connectivity index (χ3v) is 3.43. The van der Waals surface area contributed by atoms with E-state index in [1.54, 1.807) is 0 Å². The lowest BCUT2D eigenvalue weighted by Gasteiger charge is -2.07. The molecular formula is C16H23N3O2. The Morgan fingerprint density at radius 1 is 1.10 bits per heavy atom. The van der Waals surface area contributed by atoms with Gasteiger partial charge in [-0.2, -0.15) is 5.10 Å². The molecule has 1 N–H and O–H groups in total. The molecule has 0 amide bonds. The van der Waals surface area contributed by atoms with Crippen LogP contribution < -0.4 is 10.4 Å². The molecule has 2 aromatic rings. The van der Waals surface area contributed by atoms with E-state index in [1.807, 2.05) is 24.3 Å². The molecule has 21 heavy (non-hydrogen) atoms. The van der Waals surface area contributed by atoms with Crippen LogP contribution >= 0.6 is 0 Å². The monoisotopic (exact) mass is 289 g/mol. The van der Waals surface area contributed by atoms with Crippen LogP contribution in [0.2, 0.25) is 0 Å². The molecule has 2 rings (SSSR count). The van der Waals surface area contributed by atoms with Gasteiger partial charge in [-0.05, 0) is 30.7 Å². The summed E-state index contributed by atoms with van der Waals surface area (Å²) in [5, 5.41) is 6.08. The third kappa shape index (κ3) is 4.77. The van der Waals surface area contributed by atoms with Gasteiger partial charge in [-0.25, -0.2) is 14.5 Å². The van der Waals surface area contributed by atoms with Gasteiger partial charge in [0.05, 0.1) is 12.3 Å². The van der Waals surface area contributed by atoms with E-state index < -0.39 is 0 Å². The first-order valence-corrected chi connectivity index (χ1v) is 7.66. The molecule has 0 aliphatic heterocycles. The number of benzene rings is 1. The van der Waals surface area contributed by atoms with E-state index in [1.165, 1.54) is 43.0 Å². The van der Waals surface area contributed by atoms with E-state index in [0.29, 0.717) is 0 Å². The van der Waals surface area contributed by atoms with Crippen LogP contribution in [0.5, 0.6) is 5.75 Å². The average molecular weight is 289 g/mol. The van der Waals surface area contributed by atoms with Crippen molar-refractivity contribution in [2.45, 2.75) is 45.4 Å². The quantitative estimate of drug-likeness (QED) is 0.720. The van der Waals surface area contributed by atoms with Gasteiger partial charge < -0.3 is 4.74 Å². The second-order valence-corrected chi connectivity index (χ2v) is 5.14. The number of H-pyrrole nitrogens is 1. The van der Waals surface area contributed by atoms with Crippen molar-refractivity contribution in [2.75, 3.05) is 6.61 Å². The molecule has 114 valence electrons. The summed E-state index contributed by atoms with van der Waals surface area (Å²) in [5.41, 5.74) is 0.538. The lowest BCUT2D eigenvalue weighted by Crippen LogP contribution is -2.13. The molecule has 0 aliphatic rings. The van der Waals surface area contributed by atoms with Crippen LogP contribution in [0.4, 0.5) is 0 Å². The first kappa shape index (κ1) is 15.4. The standard InChI is InChI=1S/C16H23N3O2/c1-2-3-4-5-6-7-12-21-15-10-8-14(9-11-15)19-13-17-18-16(19)20/h8-11,13H,2-7,12H2,1H3,(H,18,20). The highest BCUT2D eigenvalue weighted by molar-refractivity contribution is 5.36. The Kier molecular flexibility index (Phi) is 6.06. The lowest BCUT2D eigenvalue weighted by atomic mass is 10.1. The summed E-state index contributed by atoms with van der Waals surface area (Å²) in [6.45, 7) is 2.97. The number of rotatable bonds is 9. The smallest absolute Gasteiger partial charge is 0.347 e. The number of unbranched alkanes of at least 4 members (excludes halogenated alkanes) is 5. The van der Waals surface area contributed by atoms with Crippen molar-refractivity contribution in [2.24, 2.45) is 0 Å². The molecule has 0 spiro atoms. The predicted octanol–water partition coefficient (Wildman–Crippen LogP) is 3.30. The van der Waals surface area contributed by atoms with Crippen molar-refractivity contribution >= 4 is 0 Å². The summed E-state index contributed by atoms with van der Waals surface area (Å²) >= 11 is 0. The zero-order valence-electron chi connectivity index (χ0n) is 12.5. The van der Waals surface area contributed by atoms with Crippen molar-refractivity contribution in [3.63, 3.8) is 0 Å². The molecular weight excluding hydrogens is 266 g/mol. The summed E-state index contributed by atoms with van der Waals surface area (Å²) in [6.07, 6.45) is 9.01. The number of nitrogens with zero attached hydrogens (tertiary/aromatic N) is 2. The molecule has 0 fully saturated rings. The molecule has 0 saturated carbocycles. The number of nitrogens with one attached hydrogen (secondary N) is 1. The summed E-state index contributed by atoms with van der Waals surface area (Å²) in [5.74, 6) is 0.837. The first-order valence-electron chi connectivity index (χ1n) is 7.66. The molecule has 0 saturated heterocycles. The largest absolute Gasteiger partial charge is 0.494 e. The minimum absolute atomic E-state index is 0.240. The average Bonchev–Trinajstić information content (AvgIpc) is 2.93. The molecule has 0 atom stereocenters. The fourth-order valence-corrected chi connectivity index (χ4v) is 2.21. The van der Waals surface area contributed by atoms with Gasteiger partial charge in [-0.1, -0.05) is 39.0 Å². The van der Waals surface area contributed by atoms with Gasteiger partial charge in [0.2, 0.25) is 0 Å². The fraction of sp³-hybridized carbons (Fsp3) is 0.500. The van der Waals surface area contributed by atoms with Crippen LogP contribution in [0, 0.1) is 0 Å². The summed E-state index contributed by atoms with van der Waals surface area (Å²) in [7, 11) is 0. The number of aromatic nitrogens is 3. The maximum Gasteiger partial charge on any atom is 0.347 e. The molecule has 0 aliphatic carbocycles. The molecule has 5 heteroatoms. The van der Waals surface area contributed by atoms with E-state index in [9.17, 15) is 4.79 Å². The van der Waals surface area contributed by atoms with Gasteiger partial charge in [0.1, 0.15) is 12.1 Å². The van der Waals surface area contributed by atoms with Crippen LogP contribution in [0.3, 0.4) is 0 Å². The van der Waals surface area contributed by atoms with E-state index >= 15 is 0 Å². The summed E-state index contributed by atoms with van der Waals surface area (Å²) in [6, 6.07) is 7.47. The molecule has 1 heterocycles. The number of hydrogen-bond donors (Lipinski definition) is 1. The normalized spacial score (nSPS) is 10.7. The lowest BCUT2D eigenvalue weighted by molar-refractivity contribution is 0.304. The Bertz CT molecular complexity index is 572. The number of hydrogen-bond acceptors (Lipinski definition) is 3. The Balaban J connectivity index is 1.73. The van der Waals surface area contributed by atoms with Gasteiger partial charge >= 0.3 is 5.69 Å². The third-order valence-electron chi connectivity index (χ3n) is 3.43. The number of aromatic amines is 1. The van der Waals surface area contributed by atoms with Crippen molar-refractivity contribution in [3.05, 3.63) is 41.1 Å². The van der Waals surface area contributed by atoms with Crippen molar-refractivity contribution in [1.29, 1.82) is 0 Å². The number of ether oxygens (including phenoxy) is 1. The van der Waals surface area contributed by atoms with Gasteiger partial charge in [0, 0.05) is 0 Å². The highest BCUT2D eigenvalue weighted by Gasteiger charge is 2.01. The topological polar surface area (TPSA) is 59.9 Å². The van der Waals surface area contributed by atoms with Crippen LogP contribution in [-0.4, -0.2) is 21.4 Å². The molecule has 0 radical (unpaired) electrons. The highest BCUT2D eigenvalue weighted by atomic mass is 16.5. The van der Waals surface area contributed by atoms with Gasteiger partial charge in [0.15, 0.2) is 0 Å². The van der Waals surface area contributed by atoms with Crippen LogP contribution in [0.25, 0.3) is 5.69 Å². The first-order chi connectivity index (χ1) is 10.3. The van der Waals surface area contributed by atoms with Gasteiger partial charge in [-0.3, -0.25) is 0 Å². The predicted molar refractivity (Wildman–Crippen MR) is 83.1 cm³/mol. The van der Waals surface area contributed by atoms with Crippen LogP contribution in [0.15, 0.2) is 35.4 Å². The zero-order chi connectivity index (χ0) is 14.9. The van der Waals surface area contributed by atoms with Gasteiger partial charge in [0.25, 0.3) is 0 Å². The maximum absolute atomic E-state index is 11.4. The van der Waals surface area contributed by atoms with Gasteiger partial charge in [-0.15, -0.1) is 0 Å². The molecule has 1 aromatic heterocycles. The Morgan fingerprint density at radius 2 is 1.81 bits per heavy atom. The van der Waals surface area contributed by atoms with E-state index in [0.717, 1.165) is 24.5 Å².